The maximum absolute atomic E-state index is 12.1. The molecule has 0 aliphatic heterocycles. The first kappa shape index (κ1) is 19.4. The van der Waals surface area contributed by atoms with Crippen molar-refractivity contribution in [2.24, 2.45) is 0 Å². The maximum Gasteiger partial charge on any atom is 0.422 e. The van der Waals surface area contributed by atoms with Crippen LogP contribution in [0.2, 0.25) is 10.0 Å². The molecule has 2 aromatic rings. The zero-order chi connectivity index (χ0) is 18.4. The van der Waals surface area contributed by atoms with Gasteiger partial charge in [0, 0.05) is 16.6 Å². The Bertz CT molecular complexity index is 734. The van der Waals surface area contributed by atoms with Gasteiger partial charge < -0.3 is 10.1 Å². The van der Waals surface area contributed by atoms with Crippen LogP contribution in [-0.4, -0.2) is 18.7 Å². The van der Waals surface area contributed by atoms with Gasteiger partial charge in [-0.05, 0) is 35.4 Å². The fraction of sp³-hybridized carbons (Fsp3) is 0.235. The Morgan fingerprint density at radius 3 is 2.36 bits per heavy atom. The third-order valence-electron chi connectivity index (χ3n) is 3.18. The number of ether oxygens (including phenoxy) is 1. The van der Waals surface area contributed by atoms with Crippen LogP contribution in [0.3, 0.4) is 0 Å². The quantitative estimate of drug-likeness (QED) is 0.768. The molecule has 0 aliphatic rings. The van der Waals surface area contributed by atoms with E-state index in [2.05, 4.69) is 10.1 Å². The number of hydrogen-bond acceptors (Lipinski definition) is 2. The molecule has 25 heavy (non-hydrogen) atoms. The minimum absolute atomic E-state index is 0.1000. The normalized spacial score (nSPS) is 11.2. The number of amides is 1. The molecule has 1 N–H and O–H groups in total. The highest BCUT2D eigenvalue weighted by atomic mass is 35.5. The minimum Gasteiger partial charge on any atom is -0.484 e. The van der Waals surface area contributed by atoms with E-state index in [4.69, 9.17) is 23.2 Å². The molecule has 0 fully saturated rings. The van der Waals surface area contributed by atoms with Crippen LogP contribution in [0.5, 0.6) is 5.75 Å². The standard InChI is InChI=1S/C17H14Cl2F3NO2/c18-13-4-3-12(15(19)8-13)7-16(24)23-9-11-1-5-14(6-2-11)25-10-17(20,21)22/h1-6,8H,7,9-10H2,(H,23,24). The van der Waals surface area contributed by atoms with E-state index in [0.29, 0.717) is 15.6 Å². The summed E-state index contributed by atoms with van der Waals surface area (Å²) in [5.41, 5.74) is 1.38. The van der Waals surface area contributed by atoms with E-state index in [1.54, 1.807) is 30.3 Å². The summed E-state index contributed by atoms with van der Waals surface area (Å²) in [6.07, 6.45) is -4.28. The fourth-order valence-corrected chi connectivity index (χ4v) is 2.45. The van der Waals surface area contributed by atoms with Crippen LogP contribution in [-0.2, 0) is 17.8 Å². The Kier molecular flexibility index (Phi) is 6.56. The Hall–Kier alpha value is -1.92. The Labute approximate surface area is 152 Å². The first-order valence-corrected chi connectivity index (χ1v) is 7.97. The zero-order valence-corrected chi connectivity index (χ0v) is 14.4. The SMILES string of the molecule is O=C(Cc1ccc(Cl)cc1Cl)NCc1ccc(OCC(F)(F)F)cc1. The van der Waals surface area contributed by atoms with Crippen LogP contribution in [0.25, 0.3) is 0 Å². The number of carbonyl (C=O) groups is 1. The van der Waals surface area contributed by atoms with Gasteiger partial charge in [0.1, 0.15) is 5.75 Å². The van der Waals surface area contributed by atoms with Gasteiger partial charge in [-0.3, -0.25) is 4.79 Å². The van der Waals surface area contributed by atoms with Crippen LogP contribution in [0, 0.1) is 0 Å². The summed E-state index contributed by atoms with van der Waals surface area (Å²) >= 11 is 11.8. The van der Waals surface area contributed by atoms with Crippen molar-refractivity contribution in [1.82, 2.24) is 5.32 Å². The third kappa shape index (κ3) is 6.84. The molecule has 0 aromatic heterocycles. The number of alkyl halides is 3. The van der Waals surface area contributed by atoms with Crippen molar-refractivity contribution in [3.05, 3.63) is 63.6 Å². The van der Waals surface area contributed by atoms with Gasteiger partial charge in [0.25, 0.3) is 0 Å². The maximum atomic E-state index is 12.1. The molecule has 0 radical (unpaired) electrons. The molecule has 2 rings (SSSR count). The molecule has 0 saturated heterocycles. The fourth-order valence-electron chi connectivity index (χ4n) is 1.97. The summed E-state index contributed by atoms with van der Waals surface area (Å²) in [5, 5.41) is 3.61. The van der Waals surface area contributed by atoms with Gasteiger partial charge in [-0.25, -0.2) is 0 Å². The van der Waals surface area contributed by atoms with Gasteiger partial charge in [0.05, 0.1) is 6.42 Å². The van der Waals surface area contributed by atoms with Gasteiger partial charge in [-0.2, -0.15) is 13.2 Å². The number of rotatable bonds is 6. The topological polar surface area (TPSA) is 38.3 Å². The summed E-state index contributed by atoms with van der Waals surface area (Å²) in [4.78, 5) is 12.0. The average molecular weight is 392 g/mol. The van der Waals surface area contributed by atoms with Crippen molar-refractivity contribution < 1.29 is 22.7 Å². The molecule has 0 spiro atoms. The second-order valence-electron chi connectivity index (χ2n) is 5.24. The molecular weight excluding hydrogens is 378 g/mol. The highest BCUT2D eigenvalue weighted by Gasteiger charge is 2.28. The van der Waals surface area contributed by atoms with E-state index in [1.807, 2.05) is 0 Å². The van der Waals surface area contributed by atoms with Gasteiger partial charge in [-0.1, -0.05) is 41.4 Å². The molecular formula is C17H14Cl2F3NO2. The van der Waals surface area contributed by atoms with Crippen LogP contribution in [0.1, 0.15) is 11.1 Å². The molecule has 134 valence electrons. The summed E-state index contributed by atoms with van der Waals surface area (Å²) < 4.78 is 40.8. The lowest BCUT2D eigenvalue weighted by Gasteiger charge is -2.10. The lowest BCUT2D eigenvalue weighted by atomic mass is 10.1. The van der Waals surface area contributed by atoms with E-state index in [1.165, 1.54) is 12.1 Å². The first-order valence-electron chi connectivity index (χ1n) is 7.22. The van der Waals surface area contributed by atoms with Crippen molar-refractivity contribution in [2.75, 3.05) is 6.61 Å². The molecule has 1 amide bonds. The van der Waals surface area contributed by atoms with Crippen molar-refractivity contribution in [3.63, 3.8) is 0 Å². The molecule has 0 bridgehead atoms. The van der Waals surface area contributed by atoms with Gasteiger partial charge in [0.2, 0.25) is 5.91 Å². The molecule has 3 nitrogen and oxygen atoms in total. The van der Waals surface area contributed by atoms with Crippen LogP contribution in [0.15, 0.2) is 42.5 Å². The highest BCUT2D eigenvalue weighted by Crippen LogP contribution is 2.21. The second-order valence-corrected chi connectivity index (χ2v) is 6.08. The Morgan fingerprint density at radius 2 is 1.76 bits per heavy atom. The van der Waals surface area contributed by atoms with E-state index >= 15 is 0 Å². The monoisotopic (exact) mass is 391 g/mol. The van der Waals surface area contributed by atoms with Gasteiger partial charge in [-0.15, -0.1) is 0 Å². The molecule has 0 aliphatic carbocycles. The molecule has 0 atom stereocenters. The number of halogens is 5. The van der Waals surface area contributed by atoms with Crippen molar-refractivity contribution >= 4 is 29.1 Å². The number of carbonyl (C=O) groups excluding carboxylic acids is 1. The molecule has 0 saturated carbocycles. The second kappa shape index (κ2) is 8.45. The van der Waals surface area contributed by atoms with E-state index in [9.17, 15) is 18.0 Å². The molecule has 0 heterocycles. The molecule has 8 heteroatoms. The van der Waals surface area contributed by atoms with Crippen molar-refractivity contribution in [2.45, 2.75) is 19.1 Å². The lowest BCUT2D eigenvalue weighted by Crippen LogP contribution is -2.24. The largest absolute Gasteiger partial charge is 0.484 e. The van der Waals surface area contributed by atoms with Crippen LogP contribution < -0.4 is 10.1 Å². The molecule has 2 aromatic carbocycles. The van der Waals surface area contributed by atoms with Crippen LogP contribution >= 0.6 is 23.2 Å². The smallest absolute Gasteiger partial charge is 0.422 e. The number of benzene rings is 2. The Balaban J connectivity index is 1.83. The van der Waals surface area contributed by atoms with E-state index in [0.717, 1.165) is 5.56 Å². The summed E-state index contributed by atoms with van der Waals surface area (Å²) in [7, 11) is 0. The number of nitrogens with one attached hydrogen (secondary N) is 1. The lowest BCUT2D eigenvalue weighted by molar-refractivity contribution is -0.153. The highest BCUT2D eigenvalue weighted by molar-refractivity contribution is 6.35. The molecule has 0 unspecified atom stereocenters. The zero-order valence-electron chi connectivity index (χ0n) is 12.9. The third-order valence-corrected chi connectivity index (χ3v) is 3.77. The predicted molar refractivity (Wildman–Crippen MR) is 90.0 cm³/mol. The van der Waals surface area contributed by atoms with E-state index < -0.39 is 12.8 Å². The van der Waals surface area contributed by atoms with E-state index in [-0.39, 0.29) is 24.6 Å². The predicted octanol–water partition coefficient (Wildman–Crippen LogP) is 4.79. The minimum atomic E-state index is -4.38. The number of hydrogen-bond donors (Lipinski definition) is 1. The Morgan fingerprint density at radius 1 is 1.08 bits per heavy atom. The summed E-state index contributed by atoms with van der Waals surface area (Å²) in [6.45, 7) is -1.10. The van der Waals surface area contributed by atoms with Gasteiger partial charge in [0.15, 0.2) is 6.61 Å². The summed E-state index contributed by atoms with van der Waals surface area (Å²) in [5.74, 6) is -0.123. The van der Waals surface area contributed by atoms with Gasteiger partial charge >= 0.3 is 6.18 Å². The average Bonchev–Trinajstić information content (AvgIpc) is 2.54. The van der Waals surface area contributed by atoms with Crippen LogP contribution in [0.4, 0.5) is 13.2 Å². The van der Waals surface area contributed by atoms with Crippen molar-refractivity contribution in [3.8, 4) is 5.75 Å². The summed E-state index contributed by atoms with van der Waals surface area (Å²) in [6, 6.07) is 10.9. The van der Waals surface area contributed by atoms with Crippen molar-refractivity contribution in [1.29, 1.82) is 0 Å². The first-order chi connectivity index (χ1) is 11.7.